The molecule has 0 aliphatic carbocycles. The number of carbonyl (C=O) groups excluding carboxylic acids is 2. The minimum absolute atomic E-state index is 0.0320. The van der Waals surface area contributed by atoms with Gasteiger partial charge in [-0.25, -0.2) is 0 Å². The molecule has 0 spiro atoms. The fourth-order valence-corrected chi connectivity index (χ4v) is 1.67. The van der Waals surface area contributed by atoms with Crippen molar-refractivity contribution in [2.75, 3.05) is 13.1 Å². The van der Waals surface area contributed by atoms with Gasteiger partial charge in [-0.3, -0.25) is 14.4 Å². The number of carbonyl (C=O) groups is 3. The van der Waals surface area contributed by atoms with E-state index in [1.54, 1.807) is 0 Å². The van der Waals surface area contributed by atoms with E-state index in [0.717, 1.165) is 0 Å². The molecule has 0 aromatic rings. The second-order valence-corrected chi connectivity index (χ2v) is 6.29. The van der Waals surface area contributed by atoms with Gasteiger partial charge in [0, 0.05) is 31.3 Å². The lowest BCUT2D eigenvalue weighted by Gasteiger charge is -2.17. The van der Waals surface area contributed by atoms with Crippen LogP contribution < -0.4 is 10.6 Å². The summed E-state index contributed by atoms with van der Waals surface area (Å²) in [7, 11) is 0. The molecule has 0 radical (unpaired) electrons. The summed E-state index contributed by atoms with van der Waals surface area (Å²) in [5.74, 6) is -1.02. The van der Waals surface area contributed by atoms with Crippen LogP contribution >= 0.6 is 0 Å². The molecule has 0 saturated carbocycles. The van der Waals surface area contributed by atoms with Crippen molar-refractivity contribution in [3.63, 3.8) is 0 Å². The molecular formula is C15H28N2O4. The molecule has 21 heavy (non-hydrogen) atoms. The summed E-state index contributed by atoms with van der Waals surface area (Å²) in [4.78, 5) is 33.8. The van der Waals surface area contributed by atoms with Gasteiger partial charge in [-0.1, -0.05) is 34.1 Å². The maximum Gasteiger partial charge on any atom is 0.303 e. The maximum absolute atomic E-state index is 11.6. The fraction of sp³-hybridized carbons (Fsp3) is 0.800. The lowest BCUT2D eigenvalue weighted by Crippen LogP contribution is -2.36. The molecule has 0 rings (SSSR count). The quantitative estimate of drug-likeness (QED) is 0.563. The van der Waals surface area contributed by atoms with Crippen LogP contribution in [0.15, 0.2) is 0 Å². The molecule has 2 amide bonds. The molecule has 3 N–H and O–H groups in total. The van der Waals surface area contributed by atoms with E-state index in [1.165, 1.54) is 0 Å². The molecule has 0 heterocycles. The molecular weight excluding hydrogens is 272 g/mol. The zero-order valence-corrected chi connectivity index (χ0v) is 13.5. The van der Waals surface area contributed by atoms with Crippen LogP contribution in [0, 0.1) is 11.3 Å². The van der Waals surface area contributed by atoms with Crippen molar-refractivity contribution in [3.05, 3.63) is 0 Å². The van der Waals surface area contributed by atoms with Crippen LogP contribution in [0.4, 0.5) is 0 Å². The second-order valence-electron chi connectivity index (χ2n) is 6.29. The van der Waals surface area contributed by atoms with Gasteiger partial charge < -0.3 is 15.7 Å². The lowest BCUT2D eigenvalue weighted by atomic mass is 9.96. The predicted molar refractivity (Wildman–Crippen MR) is 80.7 cm³/mol. The zero-order chi connectivity index (χ0) is 16.5. The van der Waals surface area contributed by atoms with E-state index < -0.39 is 11.4 Å². The highest BCUT2D eigenvalue weighted by Gasteiger charge is 2.20. The van der Waals surface area contributed by atoms with E-state index in [9.17, 15) is 14.4 Å². The van der Waals surface area contributed by atoms with Crippen LogP contribution in [0.3, 0.4) is 0 Å². The molecule has 6 heteroatoms. The lowest BCUT2D eigenvalue weighted by molar-refractivity contribution is -0.138. The monoisotopic (exact) mass is 300 g/mol. The summed E-state index contributed by atoms with van der Waals surface area (Å²) < 4.78 is 0. The fourth-order valence-electron chi connectivity index (χ4n) is 1.67. The average Bonchev–Trinajstić information content (AvgIpc) is 2.37. The SMILES string of the molecule is CCC(CNC(=O)CCCNC(=O)C(C)(C)C)CC(=O)O. The number of amides is 2. The highest BCUT2D eigenvalue weighted by atomic mass is 16.4. The number of rotatable bonds is 9. The first-order valence-corrected chi connectivity index (χ1v) is 7.43. The maximum atomic E-state index is 11.6. The van der Waals surface area contributed by atoms with E-state index in [0.29, 0.717) is 32.4 Å². The highest BCUT2D eigenvalue weighted by Crippen LogP contribution is 2.12. The normalized spacial score (nSPS) is 12.6. The first-order valence-electron chi connectivity index (χ1n) is 7.43. The van der Waals surface area contributed by atoms with Gasteiger partial charge in [0.1, 0.15) is 0 Å². The Morgan fingerprint density at radius 1 is 1.14 bits per heavy atom. The molecule has 122 valence electrons. The minimum atomic E-state index is -0.846. The Morgan fingerprint density at radius 3 is 2.24 bits per heavy atom. The number of aliphatic carboxylic acids is 1. The van der Waals surface area contributed by atoms with Gasteiger partial charge in [-0.05, 0) is 12.3 Å². The smallest absolute Gasteiger partial charge is 0.303 e. The number of carboxylic acids is 1. The van der Waals surface area contributed by atoms with E-state index in [2.05, 4.69) is 10.6 Å². The molecule has 1 unspecified atom stereocenters. The Labute approximate surface area is 126 Å². The number of carboxylic acid groups (broad SMARTS) is 1. The van der Waals surface area contributed by atoms with Gasteiger partial charge in [-0.15, -0.1) is 0 Å². The van der Waals surface area contributed by atoms with E-state index >= 15 is 0 Å². The third-order valence-corrected chi connectivity index (χ3v) is 3.18. The number of hydrogen-bond acceptors (Lipinski definition) is 3. The molecule has 0 aromatic heterocycles. The third-order valence-electron chi connectivity index (χ3n) is 3.18. The molecule has 0 saturated heterocycles. The summed E-state index contributed by atoms with van der Waals surface area (Å²) >= 11 is 0. The summed E-state index contributed by atoms with van der Waals surface area (Å²) in [6.07, 6.45) is 1.68. The Bertz CT molecular complexity index is 361. The Kier molecular flexibility index (Phi) is 8.66. The Balaban J connectivity index is 3.81. The van der Waals surface area contributed by atoms with Crippen molar-refractivity contribution in [1.29, 1.82) is 0 Å². The predicted octanol–water partition coefficient (Wildman–Crippen LogP) is 1.55. The van der Waals surface area contributed by atoms with Gasteiger partial charge in [-0.2, -0.15) is 0 Å². The van der Waals surface area contributed by atoms with Crippen molar-refractivity contribution in [3.8, 4) is 0 Å². The van der Waals surface area contributed by atoms with Crippen molar-refractivity contribution < 1.29 is 19.5 Å². The molecule has 0 fully saturated rings. The van der Waals surface area contributed by atoms with Crippen LogP contribution in [-0.4, -0.2) is 36.0 Å². The Hall–Kier alpha value is -1.59. The van der Waals surface area contributed by atoms with Gasteiger partial charge in [0.2, 0.25) is 11.8 Å². The van der Waals surface area contributed by atoms with E-state index in [4.69, 9.17) is 5.11 Å². The summed E-state index contributed by atoms with van der Waals surface area (Å²) in [5, 5.41) is 14.2. The summed E-state index contributed by atoms with van der Waals surface area (Å²) in [6, 6.07) is 0. The molecule has 0 bridgehead atoms. The molecule has 0 aliphatic rings. The molecule has 6 nitrogen and oxygen atoms in total. The van der Waals surface area contributed by atoms with Crippen LogP contribution in [0.2, 0.25) is 0 Å². The summed E-state index contributed by atoms with van der Waals surface area (Å²) in [6.45, 7) is 8.26. The van der Waals surface area contributed by atoms with E-state index in [1.807, 2.05) is 27.7 Å². The van der Waals surface area contributed by atoms with Crippen molar-refractivity contribution >= 4 is 17.8 Å². The van der Waals surface area contributed by atoms with Crippen molar-refractivity contribution in [1.82, 2.24) is 10.6 Å². The van der Waals surface area contributed by atoms with Crippen LogP contribution in [-0.2, 0) is 14.4 Å². The van der Waals surface area contributed by atoms with Gasteiger partial charge in [0.15, 0.2) is 0 Å². The largest absolute Gasteiger partial charge is 0.481 e. The van der Waals surface area contributed by atoms with Crippen LogP contribution in [0.5, 0.6) is 0 Å². The highest BCUT2D eigenvalue weighted by molar-refractivity contribution is 5.81. The van der Waals surface area contributed by atoms with Crippen LogP contribution in [0.25, 0.3) is 0 Å². The van der Waals surface area contributed by atoms with Crippen molar-refractivity contribution in [2.24, 2.45) is 11.3 Å². The third kappa shape index (κ3) is 9.87. The van der Waals surface area contributed by atoms with Crippen molar-refractivity contribution in [2.45, 2.75) is 53.4 Å². The topological polar surface area (TPSA) is 95.5 Å². The molecule has 0 aliphatic heterocycles. The average molecular weight is 300 g/mol. The van der Waals surface area contributed by atoms with Gasteiger partial charge in [0.25, 0.3) is 0 Å². The number of hydrogen-bond donors (Lipinski definition) is 3. The second kappa shape index (κ2) is 9.37. The summed E-state index contributed by atoms with van der Waals surface area (Å²) in [5.41, 5.74) is -0.423. The Morgan fingerprint density at radius 2 is 1.76 bits per heavy atom. The minimum Gasteiger partial charge on any atom is -0.481 e. The standard InChI is InChI=1S/C15H28N2O4/c1-5-11(9-13(19)20)10-17-12(18)7-6-8-16-14(21)15(2,3)4/h11H,5-10H2,1-4H3,(H,16,21)(H,17,18)(H,19,20). The van der Waals surface area contributed by atoms with Gasteiger partial charge >= 0.3 is 5.97 Å². The zero-order valence-electron chi connectivity index (χ0n) is 13.5. The number of nitrogens with one attached hydrogen (secondary N) is 2. The first kappa shape index (κ1) is 19.4. The van der Waals surface area contributed by atoms with Gasteiger partial charge in [0.05, 0.1) is 0 Å². The molecule has 0 aromatic carbocycles. The van der Waals surface area contributed by atoms with E-state index in [-0.39, 0.29) is 24.2 Å². The van der Waals surface area contributed by atoms with Crippen LogP contribution in [0.1, 0.15) is 53.4 Å². The molecule has 1 atom stereocenters. The first-order chi connectivity index (χ1) is 9.66.